The summed E-state index contributed by atoms with van der Waals surface area (Å²) < 4.78 is 13.9. The summed E-state index contributed by atoms with van der Waals surface area (Å²) in [5.74, 6) is 0.386. The lowest BCUT2D eigenvalue weighted by Gasteiger charge is -2.42. The van der Waals surface area contributed by atoms with Crippen LogP contribution in [0.3, 0.4) is 0 Å². The molecule has 0 saturated heterocycles. The average Bonchev–Trinajstić information content (AvgIpc) is 3.11. The molecule has 3 aliphatic rings. The van der Waals surface area contributed by atoms with Gasteiger partial charge in [0.05, 0.1) is 5.71 Å². The third-order valence-electron chi connectivity index (χ3n) is 6.75. The number of anilines is 1. The lowest BCUT2D eigenvalue weighted by atomic mass is 9.66. The van der Waals surface area contributed by atoms with Gasteiger partial charge in [0.25, 0.3) is 0 Å². The number of rotatable bonds is 1. The summed E-state index contributed by atoms with van der Waals surface area (Å²) in [7, 11) is 0. The van der Waals surface area contributed by atoms with Crippen LogP contribution in [0.25, 0.3) is 11.1 Å². The van der Waals surface area contributed by atoms with Gasteiger partial charge in [-0.2, -0.15) is 0 Å². The van der Waals surface area contributed by atoms with Crippen LogP contribution in [0, 0.1) is 11.2 Å². The second-order valence-electron chi connectivity index (χ2n) is 8.51. The van der Waals surface area contributed by atoms with Crippen molar-refractivity contribution in [2.45, 2.75) is 44.7 Å². The Labute approximate surface area is 168 Å². The van der Waals surface area contributed by atoms with Gasteiger partial charge in [-0.25, -0.2) is 9.38 Å². The molecule has 2 spiro atoms. The molecule has 0 radical (unpaired) electrons. The molecule has 2 aromatic rings. The van der Waals surface area contributed by atoms with E-state index in [0.29, 0.717) is 30.1 Å². The molecule has 0 aromatic heterocycles. The Morgan fingerprint density at radius 3 is 2.41 bits per heavy atom. The zero-order chi connectivity index (χ0) is 20.4. The lowest BCUT2D eigenvalue weighted by Crippen LogP contribution is -2.42. The topological polar surface area (TPSA) is 93.8 Å². The smallest absolute Gasteiger partial charge is 0.184 e. The van der Waals surface area contributed by atoms with Gasteiger partial charge in [-0.1, -0.05) is 12.1 Å². The fourth-order valence-electron chi connectivity index (χ4n) is 5.26. The van der Waals surface area contributed by atoms with Gasteiger partial charge >= 0.3 is 0 Å². The maximum absolute atomic E-state index is 13.9. The molecule has 1 saturated carbocycles. The van der Waals surface area contributed by atoms with Crippen molar-refractivity contribution in [3.8, 4) is 11.1 Å². The second-order valence-corrected chi connectivity index (χ2v) is 8.51. The first-order chi connectivity index (χ1) is 13.8. The molecule has 0 amide bonds. The molecular weight excluding hydrogens is 367 g/mol. The van der Waals surface area contributed by atoms with E-state index in [-0.39, 0.29) is 11.2 Å². The van der Waals surface area contributed by atoms with Crippen molar-refractivity contribution in [1.29, 1.82) is 0 Å². The Kier molecular flexibility index (Phi) is 3.72. The van der Waals surface area contributed by atoms with Crippen molar-refractivity contribution in [2.75, 3.05) is 5.73 Å². The van der Waals surface area contributed by atoms with Crippen LogP contribution in [0.4, 0.5) is 10.1 Å². The highest BCUT2D eigenvalue weighted by molar-refractivity contribution is 6.41. The first-order valence-electron chi connectivity index (χ1n) is 9.96. The van der Waals surface area contributed by atoms with Gasteiger partial charge < -0.3 is 11.5 Å². The minimum absolute atomic E-state index is 0.245. The number of amidine groups is 1. The van der Waals surface area contributed by atoms with Crippen LogP contribution >= 0.6 is 0 Å². The Hall–Kier alpha value is -3.02. The number of benzene rings is 2. The van der Waals surface area contributed by atoms with Crippen LogP contribution in [0.2, 0.25) is 0 Å². The molecule has 6 heteroatoms. The van der Waals surface area contributed by atoms with Crippen LogP contribution in [0.5, 0.6) is 0 Å². The highest BCUT2D eigenvalue weighted by atomic mass is 19.1. The zero-order valence-electron chi connectivity index (χ0n) is 16.3. The summed E-state index contributed by atoms with van der Waals surface area (Å²) in [5.41, 5.74) is 15.9. The van der Waals surface area contributed by atoms with Crippen molar-refractivity contribution in [2.24, 2.45) is 21.1 Å². The first kappa shape index (κ1) is 18.0. The number of halogens is 1. The van der Waals surface area contributed by atoms with E-state index in [2.05, 4.69) is 6.07 Å². The van der Waals surface area contributed by atoms with E-state index in [1.807, 2.05) is 19.1 Å². The zero-order valence-corrected chi connectivity index (χ0v) is 16.3. The molecule has 5 rings (SSSR count). The third-order valence-corrected chi connectivity index (χ3v) is 6.75. The van der Waals surface area contributed by atoms with Gasteiger partial charge in [0.1, 0.15) is 17.4 Å². The molecule has 148 valence electrons. The number of fused-ring (bicyclic) bond motifs is 3. The van der Waals surface area contributed by atoms with E-state index >= 15 is 0 Å². The minimum Gasteiger partial charge on any atom is -0.399 e. The number of aliphatic imine (C=N–C) groups is 2. The molecule has 1 aliphatic heterocycles. The van der Waals surface area contributed by atoms with E-state index in [4.69, 9.17) is 21.5 Å². The van der Waals surface area contributed by atoms with Crippen LogP contribution in [-0.2, 0) is 16.9 Å². The monoisotopic (exact) mass is 390 g/mol. The number of carbonyl (C=O) groups is 1. The molecule has 1 atom stereocenters. The van der Waals surface area contributed by atoms with Crippen molar-refractivity contribution in [1.82, 2.24) is 0 Å². The molecule has 2 aromatic carbocycles. The number of nitrogens with zero attached hydrogens (tertiary/aromatic N) is 2. The maximum atomic E-state index is 13.9. The van der Waals surface area contributed by atoms with Gasteiger partial charge in [-0.3, -0.25) is 9.79 Å². The fraction of sp³-hybridized carbons (Fsp3) is 0.348. The van der Waals surface area contributed by atoms with Crippen molar-refractivity contribution in [3.05, 3.63) is 53.3 Å². The molecule has 5 nitrogen and oxygen atoms in total. The predicted octanol–water partition coefficient (Wildman–Crippen LogP) is 3.75. The van der Waals surface area contributed by atoms with Gasteiger partial charge in [0.2, 0.25) is 0 Å². The Bertz CT molecular complexity index is 1070. The highest BCUT2D eigenvalue weighted by Gasteiger charge is 2.60. The van der Waals surface area contributed by atoms with Gasteiger partial charge in [-0.15, -0.1) is 0 Å². The number of hydrogen-bond donors (Lipinski definition) is 2. The van der Waals surface area contributed by atoms with Crippen molar-refractivity contribution >= 4 is 23.0 Å². The van der Waals surface area contributed by atoms with Crippen LogP contribution in [-0.4, -0.2) is 17.3 Å². The fourth-order valence-corrected chi connectivity index (χ4v) is 5.26. The molecule has 29 heavy (non-hydrogen) atoms. The van der Waals surface area contributed by atoms with Crippen LogP contribution in [0.15, 0.2) is 46.4 Å². The van der Waals surface area contributed by atoms with Crippen molar-refractivity contribution in [3.63, 3.8) is 0 Å². The standard InChI is InChI=1S/C23H23FN4O/c1-13-21(26)28-23(27-13)20-10-14(16-8-17(24)11-18(25)9-16)2-3-15(20)12-22(23)6-4-19(29)5-7-22/h2-3,8-11H,4-7,12,25H2,1H3,(H2,26,28). The molecule has 0 bridgehead atoms. The number of hydrogen-bond acceptors (Lipinski definition) is 5. The molecule has 1 heterocycles. The number of ketones is 1. The maximum Gasteiger partial charge on any atom is 0.184 e. The molecule has 1 unspecified atom stereocenters. The Balaban J connectivity index is 1.69. The van der Waals surface area contributed by atoms with Crippen LogP contribution < -0.4 is 11.5 Å². The molecule has 1 fully saturated rings. The summed E-state index contributed by atoms with van der Waals surface area (Å²) in [4.78, 5) is 21.9. The van der Waals surface area contributed by atoms with E-state index in [1.54, 1.807) is 6.07 Å². The summed E-state index contributed by atoms with van der Waals surface area (Å²) >= 11 is 0. The van der Waals surface area contributed by atoms with E-state index in [9.17, 15) is 9.18 Å². The van der Waals surface area contributed by atoms with E-state index in [0.717, 1.165) is 41.7 Å². The van der Waals surface area contributed by atoms with Gasteiger partial charge in [-0.05, 0) is 67.1 Å². The number of Topliss-reactive ketones (excluding diaryl/α,β-unsaturated/α-hetero) is 1. The largest absolute Gasteiger partial charge is 0.399 e. The highest BCUT2D eigenvalue weighted by Crippen LogP contribution is 2.61. The summed E-state index contributed by atoms with van der Waals surface area (Å²) in [6.45, 7) is 1.88. The average molecular weight is 390 g/mol. The first-order valence-corrected chi connectivity index (χ1v) is 9.96. The number of carbonyl (C=O) groups excluding carboxylic acids is 1. The number of nitrogen functional groups attached to an aromatic ring is 1. The van der Waals surface area contributed by atoms with E-state index < -0.39 is 5.66 Å². The quantitative estimate of drug-likeness (QED) is 0.726. The Morgan fingerprint density at radius 2 is 1.76 bits per heavy atom. The summed E-state index contributed by atoms with van der Waals surface area (Å²) in [6.07, 6.45) is 3.40. The Morgan fingerprint density at radius 1 is 1.00 bits per heavy atom. The molecular formula is C23H23FN4O. The van der Waals surface area contributed by atoms with Gasteiger partial charge in [0, 0.05) is 29.5 Å². The van der Waals surface area contributed by atoms with Crippen molar-refractivity contribution < 1.29 is 9.18 Å². The van der Waals surface area contributed by atoms with Gasteiger partial charge in [0.15, 0.2) is 5.66 Å². The summed E-state index contributed by atoms with van der Waals surface area (Å²) in [6, 6.07) is 10.7. The molecule has 2 aliphatic carbocycles. The normalized spacial score (nSPS) is 24.7. The number of nitrogens with two attached hydrogens (primary N) is 2. The SMILES string of the molecule is CC1=NC2(N=C1N)c1cc(-c3cc(N)cc(F)c3)ccc1CC21CCC(=O)CC1. The third kappa shape index (κ3) is 2.55. The lowest BCUT2D eigenvalue weighted by molar-refractivity contribution is -0.123. The summed E-state index contributed by atoms with van der Waals surface area (Å²) in [5, 5.41) is 0. The van der Waals surface area contributed by atoms with E-state index in [1.165, 1.54) is 17.7 Å². The second kappa shape index (κ2) is 5.99. The van der Waals surface area contributed by atoms with Crippen LogP contribution in [0.1, 0.15) is 43.7 Å². The minimum atomic E-state index is -0.800. The predicted molar refractivity (Wildman–Crippen MR) is 112 cm³/mol. The molecule has 4 N–H and O–H groups in total.